The minimum Gasteiger partial charge on any atom is -0.362 e. The maximum absolute atomic E-state index is 13.6. The molecule has 0 atom stereocenters. The predicted octanol–water partition coefficient (Wildman–Crippen LogP) is 3.45. The zero-order valence-corrected chi connectivity index (χ0v) is 12.8. The average molecular weight is 267 g/mol. The van der Waals surface area contributed by atoms with Crippen molar-refractivity contribution in [1.82, 2.24) is 9.88 Å². The lowest BCUT2D eigenvalue weighted by Crippen LogP contribution is -2.46. The monoisotopic (exact) mass is 267 g/mol. The minimum atomic E-state index is -0.268. The van der Waals surface area contributed by atoms with Crippen LogP contribution in [0.25, 0.3) is 0 Å². The molecule has 0 unspecified atom stereocenters. The Labute approximate surface area is 116 Å². The number of nitrogens with one attached hydrogen (secondary N) is 1. The Morgan fingerprint density at radius 1 is 1.26 bits per heavy atom. The number of aromatic nitrogens is 1. The average Bonchev–Trinajstić information content (AvgIpc) is 2.40. The van der Waals surface area contributed by atoms with Gasteiger partial charge < -0.3 is 10.2 Å². The first kappa shape index (κ1) is 15.9. The highest BCUT2D eigenvalue weighted by molar-refractivity contribution is 5.40. The summed E-state index contributed by atoms with van der Waals surface area (Å²) < 4.78 is 13.6. The molecule has 1 aliphatic rings. The van der Waals surface area contributed by atoms with E-state index in [1.165, 1.54) is 6.07 Å². The third kappa shape index (κ3) is 4.46. The molecule has 1 saturated heterocycles. The van der Waals surface area contributed by atoms with Crippen molar-refractivity contribution in [3.63, 3.8) is 0 Å². The molecular formula is C15H26FN3. The summed E-state index contributed by atoms with van der Waals surface area (Å²) in [6.45, 7) is 10.1. The second-order valence-corrected chi connectivity index (χ2v) is 5.27. The van der Waals surface area contributed by atoms with Crippen LogP contribution in [0.1, 0.15) is 39.3 Å². The van der Waals surface area contributed by atoms with E-state index in [1.807, 2.05) is 20.8 Å². The lowest BCUT2D eigenvalue weighted by Gasteiger charge is -2.39. The van der Waals surface area contributed by atoms with Crippen molar-refractivity contribution in [3.8, 4) is 0 Å². The summed E-state index contributed by atoms with van der Waals surface area (Å²) in [6.07, 6.45) is 2.02. The van der Waals surface area contributed by atoms with E-state index >= 15 is 0 Å². The Hall–Kier alpha value is -1.16. The number of likely N-dealkylation sites (tertiary alicyclic amines) is 1. The summed E-state index contributed by atoms with van der Waals surface area (Å²) in [5, 5.41) is 3.27. The summed E-state index contributed by atoms with van der Waals surface area (Å²) in [5.41, 5.74) is 0.791. The van der Waals surface area contributed by atoms with Gasteiger partial charge in [-0.05, 0) is 45.9 Å². The Bertz CT molecular complexity index is 398. The molecular weight excluding hydrogens is 241 g/mol. The number of aryl methyl sites for hydroxylation is 1. The van der Waals surface area contributed by atoms with E-state index in [4.69, 9.17) is 0 Å². The molecule has 4 heteroatoms. The van der Waals surface area contributed by atoms with Crippen LogP contribution in [-0.2, 0) is 0 Å². The third-order valence-corrected chi connectivity index (χ3v) is 3.50. The van der Waals surface area contributed by atoms with Crippen molar-refractivity contribution < 1.29 is 4.39 Å². The zero-order valence-electron chi connectivity index (χ0n) is 12.8. The van der Waals surface area contributed by atoms with Gasteiger partial charge in [-0.15, -0.1) is 0 Å². The fourth-order valence-electron chi connectivity index (χ4n) is 2.15. The fraction of sp³-hybridized carbons (Fsp3) is 0.667. The van der Waals surface area contributed by atoms with Gasteiger partial charge in [-0.3, -0.25) is 0 Å². The molecule has 1 N–H and O–H groups in total. The molecule has 0 radical (unpaired) electrons. The fourth-order valence-corrected chi connectivity index (χ4v) is 2.15. The Morgan fingerprint density at radius 2 is 1.84 bits per heavy atom. The molecule has 0 aliphatic carbocycles. The van der Waals surface area contributed by atoms with Crippen LogP contribution in [0.5, 0.6) is 0 Å². The normalized spacial score (nSPS) is 18.4. The van der Waals surface area contributed by atoms with Crippen molar-refractivity contribution in [2.75, 3.05) is 25.5 Å². The van der Waals surface area contributed by atoms with Crippen molar-refractivity contribution >= 4 is 5.82 Å². The molecule has 2 heterocycles. The number of nitrogens with zero attached hydrogens (tertiary/aromatic N) is 2. The molecule has 0 aromatic carbocycles. The van der Waals surface area contributed by atoms with Crippen molar-refractivity contribution in [2.45, 2.75) is 46.1 Å². The van der Waals surface area contributed by atoms with Crippen LogP contribution in [0.4, 0.5) is 10.2 Å². The van der Waals surface area contributed by atoms with Gasteiger partial charge in [0.25, 0.3) is 0 Å². The summed E-state index contributed by atoms with van der Waals surface area (Å²) in [4.78, 5) is 6.53. The van der Waals surface area contributed by atoms with Gasteiger partial charge >= 0.3 is 0 Å². The highest BCUT2D eigenvalue weighted by atomic mass is 19.1. The van der Waals surface area contributed by atoms with Gasteiger partial charge in [0, 0.05) is 24.3 Å². The van der Waals surface area contributed by atoms with E-state index in [0.29, 0.717) is 5.82 Å². The van der Waals surface area contributed by atoms with E-state index in [9.17, 15) is 4.39 Å². The molecule has 19 heavy (non-hydrogen) atoms. The molecule has 0 spiro atoms. The van der Waals surface area contributed by atoms with Crippen molar-refractivity contribution in [3.05, 3.63) is 23.6 Å². The maximum Gasteiger partial charge on any atom is 0.165 e. The van der Waals surface area contributed by atoms with E-state index < -0.39 is 0 Å². The SMILES string of the molecule is CC.Cc1ccc(F)c(NC2(C)CCN(C)CC2)n1. The molecule has 0 bridgehead atoms. The van der Waals surface area contributed by atoms with Crippen LogP contribution >= 0.6 is 0 Å². The molecule has 1 fully saturated rings. The third-order valence-electron chi connectivity index (χ3n) is 3.50. The predicted molar refractivity (Wildman–Crippen MR) is 79.0 cm³/mol. The molecule has 0 amide bonds. The standard InChI is InChI=1S/C13H20FN3.C2H6/c1-10-4-5-11(14)12(15-10)16-13(2)6-8-17(3)9-7-13;1-2/h4-5H,6-9H2,1-3H3,(H,15,16);1-2H3. The first-order chi connectivity index (χ1) is 8.98. The number of hydrogen-bond donors (Lipinski definition) is 1. The van der Waals surface area contributed by atoms with Gasteiger partial charge in [-0.25, -0.2) is 9.37 Å². The Kier molecular flexibility index (Phi) is 5.73. The van der Waals surface area contributed by atoms with Gasteiger partial charge in [-0.1, -0.05) is 13.8 Å². The Morgan fingerprint density at radius 3 is 2.42 bits per heavy atom. The van der Waals surface area contributed by atoms with Crippen molar-refractivity contribution in [1.29, 1.82) is 0 Å². The van der Waals surface area contributed by atoms with Crippen LogP contribution in [0.15, 0.2) is 12.1 Å². The van der Waals surface area contributed by atoms with E-state index in [2.05, 4.69) is 29.2 Å². The number of hydrogen-bond acceptors (Lipinski definition) is 3. The topological polar surface area (TPSA) is 28.2 Å². The number of piperidine rings is 1. The van der Waals surface area contributed by atoms with Gasteiger partial charge in [0.2, 0.25) is 0 Å². The molecule has 1 aromatic heterocycles. The van der Waals surface area contributed by atoms with E-state index in [0.717, 1.165) is 31.6 Å². The van der Waals surface area contributed by atoms with Crippen molar-refractivity contribution in [2.24, 2.45) is 0 Å². The molecule has 0 saturated carbocycles. The summed E-state index contributed by atoms with van der Waals surface area (Å²) in [7, 11) is 2.12. The highest BCUT2D eigenvalue weighted by Gasteiger charge is 2.29. The lowest BCUT2D eigenvalue weighted by atomic mass is 9.90. The maximum atomic E-state index is 13.6. The number of pyridine rings is 1. The number of halogens is 1. The number of anilines is 1. The van der Waals surface area contributed by atoms with Crippen LogP contribution in [-0.4, -0.2) is 35.6 Å². The molecule has 1 aromatic rings. The Balaban J connectivity index is 0.000000861. The van der Waals surface area contributed by atoms with Gasteiger partial charge in [-0.2, -0.15) is 0 Å². The van der Waals surface area contributed by atoms with Gasteiger partial charge in [0.05, 0.1) is 0 Å². The van der Waals surface area contributed by atoms with Gasteiger partial charge in [0.1, 0.15) is 0 Å². The molecule has 2 rings (SSSR count). The first-order valence-corrected chi connectivity index (χ1v) is 7.08. The van der Waals surface area contributed by atoms with Crippen LogP contribution < -0.4 is 5.32 Å². The smallest absolute Gasteiger partial charge is 0.165 e. The lowest BCUT2D eigenvalue weighted by molar-refractivity contribution is 0.215. The second kappa shape index (κ2) is 6.85. The number of rotatable bonds is 2. The largest absolute Gasteiger partial charge is 0.362 e. The quantitative estimate of drug-likeness (QED) is 0.889. The zero-order chi connectivity index (χ0) is 14.5. The molecule has 3 nitrogen and oxygen atoms in total. The van der Waals surface area contributed by atoms with Crippen LogP contribution in [0.2, 0.25) is 0 Å². The van der Waals surface area contributed by atoms with Gasteiger partial charge in [0.15, 0.2) is 11.6 Å². The second-order valence-electron chi connectivity index (χ2n) is 5.27. The summed E-state index contributed by atoms with van der Waals surface area (Å²) in [5.74, 6) is 0.118. The first-order valence-electron chi connectivity index (χ1n) is 7.08. The minimum absolute atomic E-state index is 0.0475. The molecule has 1 aliphatic heterocycles. The van der Waals surface area contributed by atoms with E-state index in [-0.39, 0.29) is 11.4 Å². The molecule has 108 valence electrons. The van der Waals surface area contributed by atoms with Crippen LogP contribution in [0.3, 0.4) is 0 Å². The summed E-state index contributed by atoms with van der Waals surface area (Å²) >= 11 is 0. The highest BCUT2D eigenvalue weighted by Crippen LogP contribution is 2.26. The van der Waals surface area contributed by atoms with Crippen LogP contribution in [0, 0.1) is 12.7 Å². The summed E-state index contributed by atoms with van der Waals surface area (Å²) in [6, 6.07) is 3.17. The van der Waals surface area contributed by atoms with E-state index in [1.54, 1.807) is 6.07 Å².